The largest absolute Gasteiger partial charge is 0.343 e. The van der Waals surface area contributed by atoms with Crippen molar-refractivity contribution in [2.75, 3.05) is 11.5 Å². The summed E-state index contributed by atoms with van der Waals surface area (Å²) in [5.74, 6) is 1.83. The van der Waals surface area contributed by atoms with Gasteiger partial charge in [0.2, 0.25) is 0 Å². The molecule has 1 aromatic rings. The Hall–Kier alpha value is -0.360. The van der Waals surface area contributed by atoms with E-state index in [2.05, 4.69) is 22.8 Å². The summed E-state index contributed by atoms with van der Waals surface area (Å²) in [5, 5.41) is 7.23. The molecular weight excluding hydrogens is 218 g/mol. The van der Waals surface area contributed by atoms with E-state index in [4.69, 9.17) is 0 Å². The monoisotopic (exact) mass is 233 g/mol. The van der Waals surface area contributed by atoms with E-state index < -0.39 is 0 Å². The van der Waals surface area contributed by atoms with Gasteiger partial charge in [-0.3, -0.25) is 4.57 Å². The first-order valence-electron chi connectivity index (χ1n) is 4.68. The molecule has 0 amide bonds. The fourth-order valence-electron chi connectivity index (χ4n) is 1.06. The Bertz CT molecular complexity index is 321. The van der Waals surface area contributed by atoms with E-state index in [-0.39, 0.29) is 5.69 Å². The summed E-state index contributed by atoms with van der Waals surface area (Å²) in [7, 11) is 0. The van der Waals surface area contributed by atoms with Gasteiger partial charge in [-0.1, -0.05) is 18.7 Å². The Morgan fingerprint density at radius 2 is 2.43 bits per heavy atom. The first-order valence-corrected chi connectivity index (χ1v) is 6.30. The third kappa shape index (κ3) is 3.09. The molecule has 0 aliphatic carbocycles. The molecule has 0 unspecified atom stereocenters. The molecule has 1 aromatic heterocycles. The number of nitrogens with zero attached hydrogens (tertiary/aromatic N) is 2. The highest BCUT2D eigenvalue weighted by molar-refractivity contribution is 7.99. The highest BCUT2D eigenvalue weighted by Gasteiger charge is 2.06. The lowest BCUT2D eigenvalue weighted by Gasteiger charge is -2.01. The van der Waals surface area contributed by atoms with Crippen molar-refractivity contribution in [3.8, 4) is 0 Å². The van der Waals surface area contributed by atoms with Crippen LogP contribution >= 0.6 is 24.4 Å². The van der Waals surface area contributed by atoms with Crippen molar-refractivity contribution in [2.24, 2.45) is 0 Å². The Morgan fingerprint density at radius 3 is 3.07 bits per heavy atom. The van der Waals surface area contributed by atoms with Crippen LogP contribution in [0.5, 0.6) is 0 Å². The first kappa shape index (κ1) is 11.7. The van der Waals surface area contributed by atoms with Crippen LogP contribution in [-0.2, 0) is 6.54 Å². The van der Waals surface area contributed by atoms with Gasteiger partial charge in [-0.25, -0.2) is 9.89 Å². The van der Waals surface area contributed by atoms with Crippen LogP contribution in [0.4, 0.5) is 0 Å². The number of thioether (sulfide) groups is 1. The summed E-state index contributed by atoms with van der Waals surface area (Å²) < 4.78 is 1.68. The molecule has 4 nitrogen and oxygen atoms in total. The van der Waals surface area contributed by atoms with Gasteiger partial charge in [-0.05, 0) is 18.6 Å². The molecule has 0 radical (unpaired) electrons. The number of hydrogen-bond acceptors (Lipinski definition) is 4. The average molecular weight is 233 g/mol. The maximum Gasteiger partial charge on any atom is 0.343 e. The van der Waals surface area contributed by atoms with E-state index in [1.807, 2.05) is 6.92 Å². The molecule has 14 heavy (non-hydrogen) atoms. The normalized spacial score (nSPS) is 10.7. The zero-order chi connectivity index (χ0) is 10.4. The summed E-state index contributed by atoms with van der Waals surface area (Å²) in [4.78, 5) is 11.3. The predicted molar refractivity (Wildman–Crippen MR) is 62.3 cm³/mol. The van der Waals surface area contributed by atoms with E-state index in [1.165, 1.54) is 0 Å². The van der Waals surface area contributed by atoms with E-state index in [1.54, 1.807) is 16.3 Å². The minimum absolute atomic E-state index is 0.111. The molecule has 1 N–H and O–H groups in total. The lowest BCUT2D eigenvalue weighted by Crippen LogP contribution is -2.17. The number of aromatic amines is 1. The van der Waals surface area contributed by atoms with Crippen molar-refractivity contribution in [1.29, 1.82) is 0 Å². The highest BCUT2D eigenvalue weighted by atomic mass is 32.2. The number of hydrogen-bond donors (Lipinski definition) is 2. The molecule has 0 saturated heterocycles. The summed E-state index contributed by atoms with van der Waals surface area (Å²) in [6.45, 7) is 2.78. The number of aromatic nitrogens is 3. The molecule has 6 heteroatoms. The summed E-state index contributed by atoms with van der Waals surface area (Å²) >= 11 is 5.73. The Morgan fingerprint density at radius 1 is 1.64 bits per heavy atom. The Balaban J connectivity index is 2.61. The Kier molecular flexibility index (Phi) is 5.17. The number of thiol groups is 1. The molecule has 1 heterocycles. The number of rotatable bonds is 6. The number of H-pyrrole nitrogens is 1. The zero-order valence-corrected chi connectivity index (χ0v) is 9.90. The molecule has 0 aromatic carbocycles. The zero-order valence-electron chi connectivity index (χ0n) is 8.19. The lowest BCUT2D eigenvalue weighted by molar-refractivity contribution is 0.604. The van der Waals surface area contributed by atoms with Gasteiger partial charge in [-0.2, -0.15) is 12.6 Å². The van der Waals surface area contributed by atoms with Gasteiger partial charge in [0.25, 0.3) is 0 Å². The van der Waals surface area contributed by atoms with Gasteiger partial charge in [-0.15, -0.1) is 5.10 Å². The maximum absolute atomic E-state index is 11.3. The van der Waals surface area contributed by atoms with Crippen LogP contribution in [0.3, 0.4) is 0 Å². The minimum Gasteiger partial charge on any atom is -0.270 e. The van der Waals surface area contributed by atoms with E-state index in [9.17, 15) is 4.79 Å². The highest BCUT2D eigenvalue weighted by Crippen LogP contribution is 2.14. The second-order valence-corrected chi connectivity index (χ2v) is 4.40. The fraction of sp³-hybridized carbons (Fsp3) is 0.750. The molecule has 0 aliphatic heterocycles. The van der Waals surface area contributed by atoms with Crippen molar-refractivity contribution in [2.45, 2.75) is 31.5 Å². The SMILES string of the molecule is CCCn1c(SCCCS)n[nH]c1=O. The maximum atomic E-state index is 11.3. The standard InChI is InChI=1S/C8H15N3OS2/c1-2-4-11-7(12)9-10-8(11)14-6-3-5-13/h13H,2-6H2,1H3,(H,9,12). The molecule has 0 saturated carbocycles. The van der Waals surface area contributed by atoms with E-state index in [0.29, 0.717) is 0 Å². The van der Waals surface area contributed by atoms with Gasteiger partial charge in [0, 0.05) is 12.3 Å². The van der Waals surface area contributed by atoms with Gasteiger partial charge in [0.1, 0.15) is 0 Å². The van der Waals surface area contributed by atoms with Crippen molar-refractivity contribution < 1.29 is 0 Å². The van der Waals surface area contributed by atoms with Crippen LogP contribution in [0.2, 0.25) is 0 Å². The van der Waals surface area contributed by atoms with Crippen molar-refractivity contribution in [3.05, 3.63) is 10.5 Å². The molecule has 1 rings (SSSR count). The van der Waals surface area contributed by atoms with Crippen LogP contribution < -0.4 is 5.69 Å². The number of nitrogens with one attached hydrogen (secondary N) is 1. The van der Waals surface area contributed by atoms with Crippen LogP contribution in [-0.4, -0.2) is 26.3 Å². The molecule has 0 spiro atoms. The van der Waals surface area contributed by atoms with Gasteiger partial charge >= 0.3 is 5.69 Å². The lowest BCUT2D eigenvalue weighted by atomic mass is 10.5. The summed E-state index contributed by atoms with van der Waals surface area (Å²) in [6, 6.07) is 0. The Labute approximate surface area is 92.9 Å². The minimum atomic E-state index is -0.111. The summed E-state index contributed by atoms with van der Waals surface area (Å²) in [6.07, 6.45) is 1.97. The summed E-state index contributed by atoms with van der Waals surface area (Å²) in [5.41, 5.74) is -0.111. The van der Waals surface area contributed by atoms with Crippen LogP contribution in [0, 0.1) is 0 Å². The molecule has 0 bridgehead atoms. The van der Waals surface area contributed by atoms with Crippen LogP contribution in [0.15, 0.2) is 9.95 Å². The molecular formula is C8H15N3OS2. The second kappa shape index (κ2) is 6.19. The van der Waals surface area contributed by atoms with Crippen molar-refractivity contribution >= 4 is 24.4 Å². The second-order valence-electron chi connectivity index (χ2n) is 2.89. The van der Waals surface area contributed by atoms with Crippen molar-refractivity contribution in [1.82, 2.24) is 14.8 Å². The third-order valence-corrected chi connectivity index (χ3v) is 3.08. The third-order valence-electron chi connectivity index (χ3n) is 1.70. The van der Waals surface area contributed by atoms with Crippen molar-refractivity contribution in [3.63, 3.8) is 0 Å². The molecule has 80 valence electrons. The van der Waals surface area contributed by atoms with Gasteiger partial charge in [0.05, 0.1) is 0 Å². The quantitative estimate of drug-likeness (QED) is 0.443. The molecule has 0 fully saturated rings. The fourth-order valence-corrected chi connectivity index (χ4v) is 2.35. The molecule has 0 aliphatic rings. The van der Waals surface area contributed by atoms with Gasteiger partial charge in [0.15, 0.2) is 5.16 Å². The van der Waals surface area contributed by atoms with Crippen LogP contribution in [0.1, 0.15) is 19.8 Å². The first-order chi connectivity index (χ1) is 6.79. The van der Waals surface area contributed by atoms with Crippen LogP contribution in [0.25, 0.3) is 0 Å². The van der Waals surface area contributed by atoms with Gasteiger partial charge < -0.3 is 0 Å². The predicted octanol–water partition coefficient (Wildman–Crippen LogP) is 1.39. The smallest absolute Gasteiger partial charge is 0.270 e. The van der Waals surface area contributed by atoms with E-state index in [0.717, 1.165) is 36.0 Å². The topological polar surface area (TPSA) is 50.7 Å². The van der Waals surface area contributed by atoms with E-state index >= 15 is 0 Å². The molecule has 0 atom stereocenters. The average Bonchev–Trinajstić information content (AvgIpc) is 2.51.